The number of amides is 2. The van der Waals surface area contributed by atoms with Gasteiger partial charge in [0.15, 0.2) is 0 Å². The van der Waals surface area contributed by atoms with E-state index in [-0.39, 0.29) is 11.8 Å². The van der Waals surface area contributed by atoms with Crippen molar-refractivity contribution < 1.29 is 9.59 Å². The molecule has 1 saturated carbocycles. The average Bonchev–Trinajstić information content (AvgIpc) is 3.46. The normalized spacial score (nSPS) is 13.2. The van der Waals surface area contributed by atoms with Crippen LogP contribution in [0.4, 0.5) is 11.4 Å². The molecule has 0 spiro atoms. The lowest BCUT2D eigenvalue weighted by molar-refractivity contribution is 0.0950. The van der Waals surface area contributed by atoms with Gasteiger partial charge in [-0.25, -0.2) is 0 Å². The van der Waals surface area contributed by atoms with Crippen molar-refractivity contribution in [1.82, 2.24) is 5.32 Å². The van der Waals surface area contributed by atoms with E-state index in [1.54, 1.807) is 24.3 Å². The van der Waals surface area contributed by atoms with Gasteiger partial charge in [0.25, 0.3) is 11.8 Å². The van der Waals surface area contributed by atoms with Crippen LogP contribution in [-0.4, -0.2) is 31.4 Å². The SMILES string of the molecule is CCCN(C)c1ccc(C(=O)Nc2ccc(C(=O)NC3CC3)cc2)cc1. The molecule has 0 heterocycles. The third-order valence-electron chi connectivity index (χ3n) is 4.45. The minimum atomic E-state index is -0.162. The van der Waals surface area contributed by atoms with E-state index in [2.05, 4.69) is 22.5 Å². The third kappa shape index (κ3) is 4.63. The van der Waals surface area contributed by atoms with Gasteiger partial charge in [-0.1, -0.05) is 6.92 Å². The zero-order valence-electron chi connectivity index (χ0n) is 15.3. The second-order valence-corrected chi connectivity index (χ2v) is 6.75. The first-order chi connectivity index (χ1) is 12.6. The Kier molecular flexibility index (Phi) is 5.56. The average molecular weight is 351 g/mol. The minimum absolute atomic E-state index is 0.0582. The summed E-state index contributed by atoms with van der Waals surface area (Å²) in [6, 6.07) is 14.9. The Hall–Kier alpha value is -2.82. The van der Waals surface area contributed by atoms with E-state index >= 15 is 0 Å². The molecule has 0 saturated heterocycles. The predicted molar refractivity (Wildman–Crippen MR) is 105 cm³/mol. The van der Waals surface area contributed by atoms with Gasteiger partial charge in [0.1, 0.15) is 0 Å². The van der Waals surface area contributed by atoms with Crippen molar-refractivity contribution in [3.63, 3.8) is 0 Å². The van der Waals surface area contributed by atoms with Gasteiger partial charge in [0.2, 0.25) is 0 Å². The molecular weight excluding hydrogens is 326 g/mol. The summed E-state index contributed by atoms with van der Waals surface area (Å²) >= 11 is 0. The Bertz CT molecular complexity index is 765. The van der Waals surface area contributed by atoms with Crippen LogP contribution in [0.25, 0.3) is 0 Å². The maximum Gasteiger partial charge on any atom is 0.255 e. The molecule has 5 nitrogen and oxygen atoms in total. The number of anilines is 2. The highest BCUT2D eigenvalue weighted by atomic mass is 16.2. The Balaban J connectivity index is 1.59. The largest absolute Gasteiger partial charge is 0.375 e. The summed E-state index contributed by atoms with van der Waals surface area (Å²) < 4.78 is 0. The van der Waals surface area contributed by atoms with Crippen LogP contribution in [0, 0.1) is 0 Å². The molecule has 0 bridgehead atoms. The van der Waals surface area contributed by atoms with Crippen molar-refractivity contribution in [1.29, 1.82) is 0 Å². The number of nitrogens with zero attached hydrogens (tertiary/aromatic N) is 1. The van der Waals surface area contributed by atoms with Crippen LogP contribution in [0.2, 0.25) is 0 Å². The van der Waals surface area contributed by atoms with Crippen molar-refractivity contribution in [3.8, 4) is 0 Å². The van der Waals surface area contributed by atoms with Gasteiger partial charge in [-0.15, -0.1) is 0 Å². The molecule has 0 unspecified atom stereocenters. The first-order valence-electron chi connectivity index (χ1n) is 9.10. The van der Waals surface area contributed by atoms with Crippen LogP contribution in [0.3, 0.4) is 0 Å². The Morgan fingerprint density at radius 1 is 0.962 bits per heavy atom. The summed E-state index contributed by atoms with van der Waals surface area (Å²) in [6.07, 6.45) is 3.20. The lowest BCUT2D eigenvalue weighted by Crippen LogP contribution is -2.25. The molecule has 0 aliphatic heterocycles. The number of benzene rings is 2. The lowest BCUT2D eigenvalue weighted by Gasteiger charge is -2.18. The van der Waals surface area contributed by atoms with Crippen LogP contribution in [0.5, 0.6) is 0 Å². The lowest BCUT2D eigenvalue weighted by atomic mass is 10.1. The third-order valence-corrected chi connectivity index (χ3v) is 4.45. The molecule has 0 aromatic heterocycles. The predicted octanol–water partition coefficient (Wildman–Crippen LogP) is 3.68. The molecule has 5 heteroatoms. The summed E-state index contributed by atoms with van der Waals surface area (Å²) in [5.74, 6) is -0.220. The molecule has 3 rings (SSSR count). The minimum Gasteiger partial charge on any atom is -0.375 e. The second-order valence-electron chi connectivity index (χ2n) is 6.75. The highest BCUT2D eigenvalue weighted by molar-refractivity contribution is 6.04. The Morgan fingerprint density at radius 3 is 2.12 bits per heavy atom. The summed E-state index contributed by atoms with van der Waals surface area (Å²) in [5, 5.41) is 5.82. The van der Waals surface area contributed by atoms with E-state index < -0.39 is 0 Å². The van der Waals surface area contributed by atoms with E-state index in [1.807, 2.05) is 31.3 Å². The van der Waals surface area contributed by atoms with Crippen LogP contribution in [0.1, 0.15) is 46.9 Å². The van der Waals surface area contributed by atoms with Crippen molar-refractivity contribution >= 4 is 23.2 Å². The molecule has 136 valence electrons. The molecule has 2 amide bonds. The smallest absolute Gasteiger partial charge is 0.255 e. The zero-order valence-corrected chi connectivity index (χ0v) is 15.3. The Labute approximate surface area is 154 Å². The fourth-order valence-electron chi connectivity index (χ4n) is 2.74. The van der Waals surface area contributed by atoms with E-state index in [0.29, 0.717) is 22.9 Å². The first-order valence-corrected chi connectivity index (χ1v) is 9.10. The summed E-state index contributed by atoms with van der Waals surface area (Å²) in [5.41, 5.74) is 2.98. The first kappa shape index (κ1) is 18.0. The number of carbonyl (C=O) groups excluding carboxylic acids is 2. The van der Waals surface area contributed by atoms with Gasteiger partial charge in [0.05, 0.1) is 0 Å². The number of carbonyl (C=O) groups is 2. The molecule has 2 aromatic rings. The van der Waals surface area contributed by atoms with Crippen molar-refractivity contribution in [2.75, 3.05) is 23.8 Å². The standard InChI is InChI=1S/C21H25N3O2/c1-3-14-24(2)19-12-6-16(7-13-19)21(26)22-17-8-4-15(5-9-17)20(25)23-18-10-11-18/h4-9,12-13,18H,3,10-11,14H2,1-2H3,(H,22,26)(H,23,25). The molecule has 26 heavy (non-hydrogen) atoms. The van der Waals surface area contributed by atoms with Crippen molar-refractivity contribution in [2.45, 2.75) is 32.2 Å². The summed E-state index contributed by atoms with van der Waals surface area (Å²) in [7, 11) is 2.04. The molecule has 1 fully saturated rings. The fraction of sp³-hybridized carbons (Fsp3) is 0.333. The molecular formula is C21H25N3O2. The monoisotopic (exact) mass is 351 g/mol. The number of rotatable bonds is 7. The van der Waals surface area contributed by atoms with E-state index in [4.69, 9.17) is 0 Å². The van der Waals surface area contributed by atoms with E-state index in [9.17, 15) is 9.59 Å². The molecule has 0 radical (unpaired) electrons. The van der Waals surface area contributed by atoms with Gasteiger partial charge in [0, 0.05) is 42.1 Å². The van der Waals surface area contributed by atoms with E-state index in [1.165, 1.54) is 0 Å². The molecule has 0 atom stereocenters. The van der Waals surface area contributed by atoms with Crippen LogP contribution in [0.15, 0.2) is 48.5 Å². The molecule has 1 aliphatic carbocycles. The van der Waals surface area contributed by atoms with Crippen LogP contribution >= 0.6 is 0 Å². The highest BCUT2D eigenvalue weighted by Crippen LogP contribution is 2.20. The van der Waals surface area contributed by atoms with Gasteiger partial charge < -0.3 is 15.5 Å². The summed E-state index contributed by atoms with van der Waals surface area (Å²) in [4.78, 5) is 26.5. The Morgan fingerprint density at radius 2 is 1.54 bits per heavy atom. The fourth-order valence-corrected chi connectivity index (χ4v) is 2.74. The number of hydrogen-bond donors (Lipinski definition) is 2. The van der Waals surface area contributed by atoms with E-state index in [0.717, 1.165) is 31.5 Å². The maximum atomic E-state index is 12.4. The van der Waals surface area contributed by atoms with Crippen molar-refractivity contribution in [3.05, 3.63) is 59.7 Å². The second kappa shape index (κ2) is 8.04. The molecule has 2 N–H and O–H groups in total. The van der Waals surface area contributed by atoms with Gasteiger partial charge >= 0.3 is 0 Å². The zero-order chi connectivity index (χ0) is 18.5. The van der Waals surface area contributed by atoms with Gasteiger partial charge in [-0.05, 0) is 67.8 Å². The quantitative estimate of drug-likeness (QED) is 0.800. The van der Waals surface area contributed by atoms with Crippen molar-refractivity contribution in [2.24, 2.45) is 0 Å². The highest BCUT2D eigenvalue weighted by Gasteiger charge is 2.23. The number of hydrogen-bond acceptors (Lipinski definition) is 3. The van der Waals surface area contributed by atoms with Gasteiger partial charge in [-0.2, -0.15) is 0 Å². The molecule has 1 aliphatic rings. The van der Waals surface area contributed by atoms with Crippen LogP contribution < -0.4 is 15.5 Å². The molecule has 2 aromatic carbocycles. The van der Waals surface area contributed by atoms with Gasteiger partial charge in [-0.3, -0.25) is 9.59 Å². The number of nitrogens with one attached hydrogen (secondary N) is 2. The summed E-state index contributed by atoms with van der Waals surface area (Å²) in [6.45, 7) is 3.12. The topological polar surface area (TPSA) is 61.4 Å². The van der Waals surface area contributed by atoms with Crippen LogP contribution in [-0.2, 0) is 0 Å². The maximum absolute atomic E-state index is 12.4.